The molecule has 0 aromatic heterocycles. The van der Waals surface area contributed by atoms with E-state index in [4.69, 9.17) is 27.9 Å². The highest BCUT2D eigenvalue weighted by Crippen LogP contribution is 2.34. The molecule has 144 valence electrons. The molecule has 12 heteroatoms. The van der Waals surface area contributed by atoms with Crippen LogP contribution in [0.5, 0.6) is 5.75 Å². The second-order valence-electron chi connectivity index (χ2n) is 5.02. The number of amides is 1. The fourth-order valence-corrected chi connectivity index (χ4v) is 2.20. The Morgan fingerprint density at radius 1 is 1.19 bits per heavy atom. The summed E-state index contributed by atoms with van der Waals surface area (Å²) in [6.07, 6.45) is -4.74. The predicted octanol–water partition coefficient (Wildman–Crippen LogP) is 4.44. The van der Waals surface area contributed by atoms with Crippen LogP contribution < -0.4 is 15.6 Å². The van der Waals surface area contributed by atoms with Crippen molar-refractivity contribution in [1.82, 2.24) is 5.43 Å². The van der Waals surface area contributed by atoms with Gasteiger partial charge >= 0.3 is 6.18 Å². The summed E-state index contributed by atoms with van der Waals surface area (Å²) in [5.41, 5.74) is 1.89. The lowest BCUT2D eigenvalue weighted by Gasteiger charge is -2.12. The Kier molecular flexibility index (Phi) is 6.34. The third kappa shape index (κ3) is 5.63. The number of nitrogens with one attached hydrogen (secondary N) is 2. The van der Waals surface area contributed by atoms with Crippen molar-refractivity contribution in [3.63, 3.8) is 0 Å². The fourth-order valence-electron chi connectivity index (χ4n) is 1.87. The van der Waals surface area contributed by atoms with Crippen molar-refractivity contribution in [3.8, 4) is 5.75 Å². The highest BCUT2D eigenvalue weighted by atomic mass is 35.5. The molecule has 0 unspecified atom stereocenters. The van der Waals surface area contributed by atoms with Gasteiger partial charge in [-0.3, -0.25) is 25.8 Å². The van der Waals surface area contributed by atoms with Gasteiger partial charge in [-0.25, -0.2) is 0 Å². The first-order chi connectivity index (χ1) is 12.6. The lowest BCUT2D eigenvalue weighted by Crippen LogP contribution is -2.33. The highest BCUT2D eigenvalue weighted by Gasteiger charge is 2.33. The minimum absolute atomic E-state index is 0.139. The molecular weight excluding hydrogens is 414 g/mol. The van der Waals surface area contributed by atoms with Gasteiger partial charge in [-0.2, -0.15) is 13.2 Å². The van der Waals surface area contributed by atoms with Crippen molar-refractivity contribution in [3.05, 3.63) is 62.1 Å². The molecule has 7 nitrogen and oxygen atoms in total. The number of benzene rings is 2. The molecule has 0 aliphatic heterocycles. The van der Waals surface area contributed by atoms with Crippen LogP contribution >= 0.6 is 23.2 Å². The van der Waals surface area contributed by atoms with Crippen molar-refractivity contribution >= 4 is 40.5 Å². The average molecular weight is 424 g/mol. The maximum absolute atomic E-state index is 12.7. The van der Waals surface area contributed by atoms with Gasteiger partial charge in [0, 0.05) is 17.2 Å². The molecule has 0 bridgehead atoms. The van der Waals surface area contributed by atoms with Crippen LogP contribution in [0.15, 0.2) is 36.4 Å². The molecule has 1 amide bonds. The summed E-state index contributed by atoms with van der Waals surface area (Å²) in [5.74, 6) is -0.625. The molecule has 2 aromatic carbocycles. The molecule has 0 atom stereocenters. The Bertz CT molecular complexity index is 878. The topological polar surface area (TPSA) is 93.5 Å². The first kappa shape index (κ1) is 20.6. The van der Waals surface area contributed by atoms with Gasteiger partial charge in [0.05, 0.1) is 15.5 Å². The molecule has 2 rings (SSSR count). The number of nitro benzene ring substituents is 1. The smallest absolute Gasteiger partial charge is 0.416 e. The summed E-state index contributed by atoms with van der Waals surface area (Å²) in [5, 5.41) is 11.5. The maximum atomic E-state index is 12.7. The zero-order chi connectivity index (χ0) is 20.2. The van der Waals surface area contributed by atoms with Crippen molar-refractivity contribution < 1.29 is 27.6 Å². The molecule has 0 fully saturated rings. The minimum atomic E-state index is -4.74. The third-order valence-electron chi connectivity index (χ3n) is 3.11. The van der Waals surface area contributed by atoms with Crippen LogP contribution in [0, 0.1) is 10.1 Å². The van der Waals surface area contributed by atoms with Crippen molar-refractivity contribution in [2.45, 2.75) is 6.18 Å². The van der Waals surface area contributed by atoms with E-state index in [9.17, 15) is 28.1 Å². The van der Waals surface area contributed by atoms with Gasteiger partial charge < -0.3 is 4.74 Å². The summed E-state index contributed by atoms with van der Waals surface area (Å²) >= 11 is 11.6. The number of ether oxygens (including phenoxy) is 1. The van der Waals surface area contributed by atoms with Gasteiger partial charge in [0.25, 0.3) is 11.6 Å². The first-order valence-electron chi connectivity index (χ1n) is 7.06. The van der Waals surface area contributed by atoms with Gasteiger partial charge in [0.1, 0.15) is 11.4 Å². The Labute approximate surface area is 160 Å². The molecule has 0 aliphatic carbocycles. The summed E-state index contributed by atoms with van der Waals surface area (Å²) in [6, 6.07) is 6.19. The largest absolute Gasteiger partial charge is 0.482 e. The van der Waals surface area contributed by atoms with Crippen molar-refractivity contribution in [1.29, 1.82) is 0 Å². The Balaban J connectivity index is 2.02. The van der Waals surface area contributed by atoms with Gasteiger partial charge in [0.2, 0.25) is 0 Å². The Morgan fingerprint density at radius 3 is 2.52 bits per heavy atom. The van der Waals surface area contributed by atoms with Crippen LogP contribution in [-0.2, 0) is 11.0 Å². The zero-order valence-electron chi connectivity index (χ0n) is 13.1. The van der Waals surface area contributed by atoms with E-state index in [0.29, 0.717) is 17.2 Å². The van der Waals surface area contributed by atoms with Crippen LogP contribution in [0.4, 0.5) is 24.5 Å². The molecular formula is C15H10Cl2F3N3O4. The predicted molar refractivity (Wildman–Crippen MR) is 91.8 cm³/mol. The fraction of sp³-hybridized carbons (Fsp3) is 0.133. The van der Waals surface area contributed by atoms with E-state index in [1.807, 2.05) is 0 Å². The first-order valence-corrected chi connectivity index (χ1v) is 7.82. The number of carbonyl (C=O) groups excluding carboxylic acids is 1. The van der Waals surface area contributed by atoms with Gasteiger partial charge in [-0.05, 0) is 24.3 Å². The molecule has 27 heavy (non-hydrogen) atoms. The summed E-state index contributed by atoms with van der Waals surface area (Å²) < 4.78 is 43.1. The van der Waals surface area contributed by atoms with Crippen LogP contribution in [0.2, 0.25) is 10.0 Å². The van der Waals surface area contributed by atoms with Crippen LogP contribution in [0.1, 0.15) is 5.56 Å². The highest BCUT2D eigenvalue weighted by molar-refractivity contribution is 6.34. The molecule has 2 aromatic rings. The number of nitrogens with zero attached hydrogens (tertiary/aromatic N) is 1. The minimum Gasteiger partial charge on any atom is -0.482 e. The number of alkyl halides is 3. The van der Waals surface area contributed by atoms with E-state index in [1.54, 1.807) is 0 Å². The average Bonchev–Trinajstić information content (AvgIpc) is 2.59. The van der Waals surface area contributed by atoms with Gasteiger partial charge in [-0.15, -0.1) is 0 Å². The number of nitro groups is 1. The van der Waals surface area contributed by atoms with Crippen molar-refractivity contribution in [2.75, 3.05) is 12.0 Å². The quantitative estimate of drug-likeness (QED) is 0.528. The molecule has 2 N–H and O–H groups in total. The monoisotopic (exact) mass is 423 g/mol. The number of hydrogen-bond acceptors (Lipinski definition) is 5. The lowest BCUT2D eigenvalue weighted by atomic mass is 10.1. The lowest BCUT2D eigenvalue weighted by molar-refractivity contribution is -0.384. The summed E-state index contributed by atoms with van der Waals surface area (Å²) in [7, 11) is 0. The number of rotatable bonds is 6. The van der Waals surface area contributed by atoms with Crippen LogP contribution in [0.25, 0.3) is 0 Å². The Morgan fingerprint density at radius 2 is 1.89 bits per heavy atom. The second-order valence-corrected chi connectivity index (χ2v) is 5.87. The summed E-state index contributed by atoms with van der Waals surface area (Å²) in [6.45, 7) is -0.526. The van der Waals surface area contributed by atoms with Gasteiger partial charge in [-0.1, -0.05) is 23.2 Å². The molecule has 0 heterocycles. The number of halogens is 5. The molecule has 0 radical (unpaired) electrons. The number of anilines is 1. The van der Waals surface area contributed by atoms with Crippen LogP contribution in [0.3, 0.4) is 0 Å². The normalized spacial score (nSPS) is 11.0. The number of carbonyl (C=O) groups is 1. The van der Waals surface area contributed by atoms with E-state index >= 15 is 0 Å². The molecule has 0 spiro atoms. The van der Waals surface area contributed by atoms with E-state index in [2.05, 4.69) is 10.9 Å². The number of hydrazine groups is 1. The molecule has 0 aliphatic rings. The standard InChI is InChI=1S/C15H10Cl2F3N3O4/c16-9-2-3-10(17)13(6-9)27-7-14(24)22-21-11-4-1-8(15(18,19)20)5-12(11)23(25)26/h1-6,21H,7H2,(H,22,24). The second kappa shape index (κ2) is 8.31. The molecule has 0 saturated carbocycles. The zero-order valence-corrected chi connectivity index (χ0v) is 14.7. The van der Waals surface area contributed by atoms with E-state index in [-0.39, 0.29) is 16.5 Å². The third-order valence-corrected chi connectivity index (χ3v) is 3.66. The van der Waals surface area contributed by atoms with Crippen LogP contribution in [-0.4, -0.2) is 17.4 Å². The molecule has 0 saturated heterocycles. The van der Waals surface area contributed by atoms with E-state index < -0.39 is 34.9 Å². The Hall–Kier alpha value is -2.72. The van der Waals surface area contributed by atoms with E-state index in [1.165, 1.54) is 18.2 Å². The van der Waals surface area contributed by atoms with Crippen molar-refractivity contribution in [2.24, 2.45) is 0 Å². The van der Waals surface area contributed by atoms with Gasteiger partial charge in [0.15, 0.2) is 6.61 Å². The number of hydrogen-bond donors (Lipinski definition) is 2. The SMILES string of the molecule is O=C(COc1cc(Cl)ccc1Cl)NNc1ccc(C(F)(F)F)cc1[N+](=O)[O-]. The van der Waals surface area contributed by atoms with E-state index in [0.717, 1.165) is 6.07 Å². The summed E-state index contributed by atoms with van der Waals surface area (Å²) in [4.78, 5) is 21.7. The maximum Gasteiger partial charge on any atom is 0.416 e.